The van der Waals surface area contributed by atoms with Crippen molar-refractivity contribution in [2.24, 2.45) is 0 Å². The zero-order valence-electron chi connectivity index (χ0n) is 6.57. The predicted octanol–water partition coefficient (Wildman–Crippen LogP) is 2.25. The van der Waals surface area contributed by atoms with Gasteiger partial charge in [0.15, 0.2) is 0 Å². The zero-order valence-corrected chi connectivity index (χ0v) is 7.46. The Hall–Kier alpha value is -0.570. The lowest BCUT2D eigenvalue weighted by molar-refractivity contribution is 0.761. The molecule has 3 heteroatoms. The van der Waals surface area contributed by atoms with E-state index in [4.69, 9.17) is 0 Å². The second-order valence-corrected chi connectivity index (χ2v) is 3.06. The normalized spacial score (nSPS) is 12.9. The lowest BCUT2D eigenvalue weighted by Crippen LogP contribution is -1.93. The van der Waals surface area contributed by atoms with Crippen LogP contribution in [0, 0.1) is 0 Å². The molecule has 1 aromatic heterocycles. The van der Waals surface area contributed by atoms with Crippen molar-refractivity contribution in [3.05, 3.63) is 24.3 Å². The summed E-state index contributed by atoms with van der Waals surface area (Å²) < 4.78 is 0. The number of hydrogen-bond donors (Lipinski definition) is 1. The molecule has 0 fully saturated rings. The van der Waals surface area contributed by atoms with E-state index in [1.54, 1.807) is 12.5 Å². The van der Waals surface area contributed by atoms with Crippen LogP contribution in [0.3, 0.4) is 0 Å². The zero-order chi connectivity index (χ0) is 8.10. The third-order valence-corrected chi connectivity index (χ3v) is 2.03. The summed E-state index contributed by atoms with van der Waals surface area (Å²) in [5.41, 5.74) is 1.02. The van der Waals surface area contributed by atoms with Gasteiger partial charge in [-0.2, -0.15) is 12.6 Å². The maximum atomic E-state index is 4.41. The van der Waals surface area contributed by atoms with Gasteiger partial charge in [0.2, 0.25) is 0 Å². The average Bonchev–Trinajstić information content (AvgIpc) is 2.07. The molecule has 0 aliphatic rings. The van der Waals surface area contributed by atoms with Gasteiger partial charge in [0, 0.05) is 11.4 Å². The molecule has 0 aliphatic carbocycles. The van der Waals surface area contributed by atoms with Crippen molar-refractivity contribution in [2.45, 2.75) is 25.0 Å². The minimum atomic E-state index is 0.267. The lowest BCUT2D eigenvalue weighted by Gasteiger charge is -2.06. The Bertz CT molecular complexity index is 201. The molecule has 1 heterocycles. The monoisotopic (exact) mass is 168 g/mol. The summed E-state index contributed by atoms with van der Waals surface area (Å²) >= 11 is 4.41. The van der Waals surface area contributed by atoms with E-state index in [0.29, 0.717) is 0 Å². The summed E-state index contributed by atoms with van der Waals surface area (Å²) in [4.78, 5) is 7.95. The van der Waals surface area contributed by atoms with Crippen LogP contribution in [0.15, 0.2) is 18.6 Å². The number of nitrogens with zero attached hydrogens (tertiary/aromatic N) is 2. The maximum Gasteiger partial charge on any atom is 0.115 e. The molecule has 0 N–H and O–H groups in total. The summed E-state index contributed by atoms with van der Waals surface area (Å²) in [6, 6.07) is 1.91. The van der Waals surface area contributed by atoms with Crippen molar-refractivity contribution in [3.8, 4) is 0 Å². The van der Waals surface area contributed by atoms with E-state index in [0.717, 1.165) is 18.5 Å². The van der Waals surface area contributed by atoms with Crippen LogP contribution in [0.1, 0.15) is 30.7 Å². The van der Waals surface area contributed by atoms with Crippen molar-refractivity contribution in [2.75, 3.05) is 0 Å². The van der Waals surface area contributed by atoms with Gasteiger partial charge in [-0.25, -0.2) is 9.97 Å². The molecule has 0 amide bonds. The van der Waals surface area contributed by atoms with Crippen LogP contribution in [0.2, 0.25) is 0 Å². The highest BCUT2D eigenvalue weighted by Crippen LogP contribution is 2.21. The van der Waals surface area contributed by atoms with Gasteiger partial charge in [0.25, 0.3) is 0 Å². The molecule has 0 saturated carbocycles. The fourth-order valence-corrected chi connectivity index (χ4v) is 1.33. The van der Waals surface area contributed by atoms with Gasteiger partial charge in [0.1, 0.15) is 6.33 Å². The topological polar surface area (TPSA) is 25.8 Å². The smallest absolute Gasteiger partial charge is 0.115 e. The van der Waals surface area contributed by atoms with Crippen molar-refractivity contribution >= 4 is 12.6 Å². The van der Waals surface area contributed by atoms with Crippen LogP contribution in [0.4, 0.5) is 0 Å². The van der Waals surface area contributed by atoms with Crippen molar-refractivity contribution in [1.82, 2.24) is 9.97 Å². The first-order valence-electron chi connectivity index (χ1n) is 3.78. The molecule has 1 atom stereocenters. The third-order valence-electron chi connectivity index (χ3n) is 1.51. The van der Waals surface area contributed by atoms with E-state index in [1.165, 1.54) is 0 Å². The second kappa shape index (κ2) is 4.34. The summed E-state index contributed by atoms with van der Waals surface area (Å²) in [5.74, 6) is 0. The highest BCUT2D eigenvalue weighted by atomic mass is 32.1. The molecule has 1 rings (SSSR count). The van der Waals surface area contributed by atoms with Gasteiger partial charge in [-0.05, 0) is 12.5 Å². The van der Waals surface area contributed by atoms with E-state index in [2.05, 4.69) is 29.5 Å². The molecule has 1 aromatic rings. The van der Waals surface area contributed by atoms with Gasteiger partial charge < -0.3 is 0 Å². The summed E-state index contributed by atoms with van der Waals surface area (Å²) in [7, 11) is 0. The highest BCUT2D eigenvalue weighted by molar-refractivity contribution is 7.80. The Morgan fingerprint density at radius 1 is 1.64 bits per heavy atom. The number of thiol groups is 1. The predicted molar refractivity (Wildman–Crippen MR) is 48.7 cm³/mol. The molecular formula is C8H12N2S. The number of rotatable bonds is 3. The molecular weight excluding hydrogens is 156 g/mol. The largest absolute Gasteiger partial charge is 0.245 e. The van der Waals surface area contributed by atoms with Crippen molar-refractivity contribution in [3.63, 3.8) is 0 Å². The van der Waals surface area contributed by atoms with E-state index < -0.39 is 0 Å². The van der Waals surface area contributed by atoms with Gasteiger partial charge in [0.05, 0.1) is 5.69 Å². The molecule has 0 saturated heterocycles. The Labute approximate surface area is 72.5 Å². The first-order chi connectivity index (χ1) is 5.34. The molecule has 0 aliphatic heterocycles. The van der Waals surface area contributed by atoms with Crippen LogP contribution < -0.4 is 0 Å². The standard InChI is InChI=1S/C8H12N2S/c1-2-3-8(11)7-4-5-9-6-10-7/h4-6,8,11H,2-3H2,1H3. The fourth-order valence-electron chi connectivity index (χ4n) is 0.919. The van der Waals surface area contributed by atoms with Crippen LogP contribution in [0.25, 0.3) is 0 Å². The SMILES string of the molecule is CCCC(S)c1ccncn1. The van der Waals surface area contributed by atoms with Crippen LogP contribution in [0.5, 0.6) is 0 Å². The maximum absolute atomic E-state index is 4.41. The quantitative estimate of drug-likeness (QED) is 0.700. The molecule has 11 heavy (non-hydrogen) atoms. The minimum Gasteiger partial charge on any atom is -0.245 e. The highest BCUT2D eigenvalue weighted by Gasteiger charge is 2.04. The number of hydrogen-bond acceptors (Lipinski definition) is 3. The molecule has 1 unspecified atom stereocenters. The summed E-state index contributed by atoms with van der Waals surface area (Å²) in [6.07, 6.45) is 5.52. The van der Waals surface area contributed by atoms with Gasteiger partial charge in [-0.3, -0.25) is 0 Å². The molecule has 0 aromatic carbocycles. The van der Waals surface area contributed by atoms with Crippen LogP contribution >= 0.6 is 12.6 Å². The Morgan fingerprint density at radius 2 is 2.45 bits per heavy atom. The number of aromatic nitrogens is 2. The third kappa shape index (κ3) is 2.50. The minimum absolute atomic E-state index is 0.267. The summed E-state index contributed by atoms with van der Waals surface area (Å²) in [6.45, 7) is 2.14. The Kier molecular flexibility index (Phi) is 3.36. The molecule has 2 nitrogen and oxygen atoms in total. The summed E-state index contributed by atoms with van der Waals surface area (Å²) in [5, 5.41) is 0.267. The molecule has 0 bridgehead atoms. The van der Waals surface area contributed by atoms with E-state index >= 15 is 0 Å². The second-order valence-electron chi connectivity index (χ2n) is 2.44. The fraction of sp³-hybridized carbons (Fsp3) is 0.500. The van der Waals surface area contributed by atoms with Gasteiger partial charge in [-0.1, -0.05) is 13.3 Å². The molecule has 60 valence electrons. The lowest BCUT2D eigenvalue weighted by atomic mass is 10.2. The van der Waals surface area contributed by atoms with E-state index in [-0.39, 0.29) is 5.25 Å². The Balaban J connectivity index is 2.61. The van der Waals surface area contributed by atoms with Gasteiger partial charge in [-0.15, -0.1) is 0 Å². The van der Waals surface area contributed by atoms with Crippen LogP contribution in [-0.2, 0) is 0 Å². The first kappa shape index (κ1) is 8.53. The first-order valence-corrected chi connectivity index (χ1v) is 4.30. The molecule has 0 spiro atoms. The van der Waals surface area contributed by atoms with Crippen molar-refractivity contribution < 1.29 is 0 Å². The average molecular weight is 168 g/mol. The van der Waals surface area contributed by atoms with Crippen molar-refractivity contribution in [1.29, 1.82) is 0 Å². The Morgan fingerprint density at radius 3 is 3.00 bits per heavy atom. The molecule has 0 radical (unpaired) electrons. The van der Waals surface area contributed by atoms with Crippen LogP contribution in [-0.4, -0.2) is 9.97 Å². The van der Waals surface area contributed by atoms with E-state index in [1.807, 2.05) is 6.07 Å². The van der Waals surface area contributed by atoms with E-state index in [9.17, 15) is 0 Å². The van der Waals surface area contributed by atoms with Gasteiger partial charge >= 0.3 is 0 Å².